The normalized spacial score (nSPS) is 11.1. The summed E-state index contributed by atoms with van der Waals surface area (Å²) in [6.07, 6.45) is 0. The fraction of sp³-hybridized carbons (Fsp3) is 0.467. The second-order valence-electron chi connectivity index (χ2n) is 4.45. The molecule has 0 aliphatic carbocycles. The Morgan fingerprint density at radius 2 is 1.76 bits per heavy atom. The van der Waals surface area contributed by atoms with Crippen molar-refractivity contribution in [3.63, 3.8) is 0 Å². The molecule has 0 saturated heterocycles. The molecule has 92 valence electrons. The molecule has 0 aliphatic heterocycles. The van der Waals surface area contributed by atoms with Crippen LogP contribution in [-0.2, 0) is 6.54 Å². The first-order chi connectivity index (χ1) is 8.21. The van der Waals surface area contributed by atoms with Gasteiger partial charge in [0.1, 0.15) is 0 Å². The minimum absolute atomic E-state index is 1.04. The largest absolute Gasteiger partial charge is 0.372 e. The number of benzene rings is 1. The van der Waals surface area contributed by atoms with Crippen LogP contribution in [0, 0.1) is 6.92 Å². The molecule has 1 heterocycles. The average molecular weight is 230 g/mol. The first-order valence-electron chi connectivity index (χ1n) is 6.56. The fourth-order valence-corrected chi connectivity index (χ4v) is 2.60. The molecule has 0 bridgehead atoms. The lowest BCUT2D eigenvalue weighted by atomic mass is 10.2. The number of rotatable bonds is 4. The number of anilines is 1. The van der Waals surface area contributed by atoms with Crippen LogP contribution in [0.3, 0.4) is 0 Å². The summed E-state index contributed by atoms with van der Waals surface area (Å²) in [6, 6.07) is 9.08. The van der Waals surface area contributed by atoms with Crippen LogP contribution < -0.4 is 4.90 Å². The number of hydrogen-bond acceptors (Lipinski definition) is 1. The van der Waals surface area contributed by atoms with E-state index in [-0.39, 0.29) is 0 Å². The molecule has 0 unspecified atom stereocenters. The van der Waals surface area contributed by atoms with Gasteiger partial charge in [-0.1, -0.05) is 0 Å². The van der Waals surface area contributed by atoms with E-state index in [4.69, 9.17) is 0 Å². The van der Waals surface area contributed by atoms with E-state index < -0.39 is 0 Å². The van der Waals surface area contributed by atoms with E-state index in [2.05, 4.69) is 61.4 Å². The Bertz CT molecular complexity index is 507. The summed E-state index contributed by atoms with van der Waals surface area (Å²) in [5.74, 6) is 0. The highest BCUT2D eigenvalue weighted by molar-refractivity contribution is 5.85. The molecule has 0 atom stereocenters. The van der Waals surface area contributed by atoms with E-state index in [9.17, 15) is 0 Å². The topological polar surface area (TPSA) is 8.17 Å². The smallest absolute Gasteiger partial charge is 0.0483 e. The van der Waals surface area contributed by atoms with Gasteiger partial charge in [0.15, 0.2) is 0 Å². The monoisotopic (exact) mass is 230 g/mol. The highest BCUT2D eigenvalue weighted by Gasteiger charge is 2.07. The number of aryl methyl sites for hydroxylation is 2. The Hall–Kier alpha value is -1.44. The molecule has 1 aromatic carbocycles. The van der Waals surface area contributed by atoms with Crippen LogP contribution in [-0.4, -0.2) is 17.7 Å². The standard InChI is InChI=1S/C15H22N2/c1-5-16(6-2)14-8-9-15-13(11-14)10-12(4)17(15)7-3/h8-11H,5-7H2,1-4H3. The third-order valence-corrected chi connectivity index (χ3v) is 3.54. The third-order valence-electron chi connectivity index (χ3n) is 3.54. The summed E-state index contributed by atoms with van der Waals surface area (Å²) >= 11 is 0. The number of hydrogen-bond donors (Lipinski definition) is 0. The minimum atomic E-state index is 1.04. The van der Waals surface area contributed by atoms with Crippen molar-refractivity contribution in [1.29, 1.82) is 0 Å². The van der Waals surface area contributed by atoms with Crippen molar-refractivity contribution < 1.29 is 0 Å². The SMILES string of the molecule is CCN(CC)c1ccc2c(c1)cc(C)n2CC. The van der Waals surface area contributed by atoms with Crippen LogP contribution >= 0.6 is 0 Å². The van der Waals surface area contributed by atoms with Gasteiger partial charge in [0.05, 0.1) is 0 Å². The van der Waals surface area contributed by atoms with Gasteiger partial charge in [0.2, 0.25) is 0 Å². The summed E-state index contributed by atoms with van der Waals surface area (Å²) in [7, 11) is 0. The van der Waals surface area contributed by atoms with Crippen molar-refractivity contribution in [2.75, 3.05) is 18.0 Å². The highest BCUT2D eigenvalue weighted by Crippen LogP contribution is 2.25. The van der Waals surface area contributed by atoms with E-state index in [1.807, 2.05) is 0 Å². The first-order valence-corrected chi connectivity index (χ1v) is 6.56. The van der Waals surface area contributed by atoms with Gasteiger partial charge in [-0.2, -0.15) is 0 Å². The average Bonchev–Trinajstić information content (AvgIpc) is 2.65. The molecule has 0 amide bonds. The number of fused-ring (bicyclic) bond motifs is 1. The second-order valence-corrected chi connectivity index (χ2v) is 4.45. The van der Waals surface area contributed by atoms with Crippen LogP contribution in [0.1, 0.15) is 26.5 Å². The first kappa shape index (κ1) is 12.0. The predicted molar refractivity (Wildman–Crippen MR) is 75.9 cm³/mol. The maximum absolute atomic E-state index is 2.39. The molecule has 0 aliphatic rings. The Morgan fingerprint density at radius 1 is 1.06 bits per heavy atom. The van der Waals surface area contributed by atoms with Gasteiger partial charge in [-0.25, -0.2) is 0 Å². The Kier molecular flexibility index (Phi) is 3.41. The molecule has 0 radical (unpaired) electrons. The number of aromatic nitrogens is 1. The zero-order chi connectivity index (χ0) is 12.4. The molecule has 2 heteroatoms. The maximum atomic E-state index is 2.39. The van der Waals surface area contributed by atoms with Crippen molar-refractivity contribution in [3.8, 4) is 0 Å². The molecular weight excluding hydrogens is 208 g/mol. The van der Waals surface area contributed by atoms with Crippen molar-refractivity contribution in [3.05, 3.63) is 30.0 Å². The lowest BCUT2D eigenvalue weighted by molar-refractivity contribution is 0.769. The predicted octanol–water partition coefficient (Wildman–Crippen LogP) is 3.82. The van der Waals surface area contributed by atoms with E-state index in [1.165, 1.54) is 22.3 Å². The van der Waals surface area contributed by atoms with Crippen LogP contribution in [0.25, 0.3) is 10.9 Å². The molecule has 0 N–H and O–H groups in total. The molecule has 0 spiro atoms. The van der Waals surface area contributed by atoms with E-state index in [0.717, 1.165) is 19.6 Å². The van der Waals surface area contributed by atoms with E-state index >= 15 is 0 Å². The third kappa shape index (κ3) is 2.04. The van der Waals surface area contributed by atoms with Gasteiger partial charge in [-0.05, 0) is 52.0 Å². The summed E-state index contributed by atoms with van der Waals surface area (Å²) in [5, 5.41) is 1.36. The van der Waals surface area contributed by atoms with Crippen LogP contribution in [0.4, 0.5) is 5.69 Å². The fourth-order valence-electron chi connectivity index (χ4n) is 2.60. The molecule has 0 saturated carbocycles. The van der Waals surface area contributed by atoms with Crippen molar-refractivity contribution in [1.82, 2.24) is 4.57 Å². The minimum Gasteiger partial charge on any atom is -0.372 e. The van der Waals surface area contributed by atoms with Gasteiger partial charge in [-0.3, -0.25) is 0 Å². The van der Waals surface area contributed by atoms with Crippen LogP contribution in [0.5, 0.6) is 0 Å². The van der Waals surface area contributed by atoms with Gasteiger partial charge < -0.3 is 9.47 Å². The second kappa shape index (κ2) is 4.82. The van der Waals surface area contributed by atoms with Gasteiger partial charge in [-0.15, -0.1) is 0 Å². The quantitative estimate of drug-likeness (QED) is 0.775. The molecule has 1 aromatic heterocycles. The van der Waals surface area contributed by atoms with Crippen molar-refractivity contribution in [2.24, 2.45) is 0 Å². The van der Waals surface area contributed by atoms with E-state index in [0.29, 0.717) is 0 Å². The Morgan fingerprint density at radius 3 is 2.35 bits per heavy atom. The Labute approximate surface area is 104 Å². The molecular formula is C15H22N2. The summed E-state index contributed by atoms with van der Waals surface area (Å²) < 4.78 is 2.36. The lowest BCUT2D eigenvalue weighted by Gasteiger charge is -2.21. The molecule has 2 rings (SSSR count). The van der Waals surface area contributed by atoms with Crippen LogP contribution in [0.2, 0.25) is 0 Å². The van der Waals surface area contributed by atoms with Crippen molar-refractivity contribution in [2.45, 2.75) is 34.2 Å². The summed E-state index contributed by atoms with van der Waals surface area (Å²) in [4.78, 5) is 2.39. The molecule has 0 fully saturated rings. The lowest BCUT2D eigenvalue weighted by Crippen LogP contribution is -2.21. The number of nitrogens with zero attached hydrogens (tertiary/aromatic N) is 2. The van der Waals surface area contributed by atoms with Gasteiger partial charge in [0.25, 0.3) is 0 Å². The highest BCUT2D eigenvalue weighted by atomic mass is 15.1. The van der Waals surface area contributed by atoms with Gasteiger partial charge >= 0.3 is 0 Å². The van der Waals surface area contributed by atoms with Crippen molar-refractivity contribution >= 4 is 16.6 Å². The van der Waals surface area contributed by atoms with Crippen LogP contribution in [0.15, 0.2) is 24.3 Å². The van der Waals surface area contributed by atoms with Gasteiger partial charge in [0, 0.05) is 41.9 Å². The van der Waals surface area contributed by atoms with E-state index in [1.54, 1.807) is 0 Å². The summed E-state index contributed by atoms with van der Waals surface area (Å²) in [5.41, 5.74) is 4.02. The molecule has 2 nitrogen and oxygen atoms in total. The maximum Gasteiger partial charge on any atom is 0.0483 e. The zero-order valence-electron chi connectivity index (χ0n) is 11.3. The Balaban J connectivity index is 2.51. The zero-order valence-corrected chi connectivity index (χ0v) is 11.3. The molecule has 17 heavy (non-hydrogen) atoms. The molecule has 2 aromatic rings. The summed E-state index contributed by atoms with van der Waals surface area (Å²) in [6.45, 7) is 12.0.